The highest BCUT2D eigenvalue weighted by Crippen LogP contribution is 2.15. The van der Waals surface area contributed by atoms with E-state index in [2.05, 4.69) is 36.0 Å². The van der Waals surface area contributed by atoms with E-state index in [9.17, 15) is 0 Å². The maximum atomic E-state index is 3.84. The SMILES string of the molecule is CC(C)N1CCC(NC2CCN(C)C2)CC1. The van der Waals surface area contributed by atoms with Gasteiger partial charge in [-0.05, 0) is 59.8 Å². The zero-order valence-electron chi connectivity index (χ0n) is 11.1. The first-order chi connectivity index (χ1) is 7.65. The van der Waals surface area contributed by atoms with Gasteiger partial charge in [-0.25, -0.2) is 0 Å². The number of hydrogen-bond acceptors (Lipinski definition) is 3. The smallest absolute Gasteiger partial charge is 0.0209 e. The fourth-order valence-electron chi connectivity index (χ4n) is 2.99. The molecule has 0 radical (unpaired) electrons. The maximum absolute atomic E-state index is 3.84. The second kappa shape index (κ2) is 5.48. The summed E-state index contributed by atoms with van der Waals surface area (Å²) in [7, 11) is 2.23. The van der Waals surface area contributed by atoms with Crippen molar-refractivity contribution in [3.05, 3.63) is 0 Å². The Labute approximate surface area is 100 Å². The number of likely N-dealkylation sites (N-methyl/N-ethyl adjacent to an activating group) is 1. The minimum Gasteiger partial charge on any atom is -0.310 e. The normalized spacial score (nSPS) is 30.4. The lowest BCUT2D eigenvalue weighted by atomic mass is 10.0. The predicted molar refractivity (Wildman–Crippen MR) is 68.8 cm³/mol. The second-order valence-electron chi connectivity index (χ2n) is 5.82. The van der Waals surface area contributed by atoms with Crippen molar-refractivity contribution in [3.63, 3.8) is 0 Å². The third kappa shape index (κ3) is 3.19. The van der Waals surface area contributed by atoms with E-state index in [0.717, 1.165) is 18.1 Å². The van der Waals surface area contributed by atoms with Crippen LogP contribution in [0.1, 0.15) is 33.1 Å². The molecule has 0 amide bonds. The minimum atomic E-state index is 0.721. The van der Waals surface area contributed by atoms with Crippen molar-refractivity contribution in [3.8, 4) is 0 Å². The molecule has 0 spiro atoms. The van der Waals surface area contributed by atoms with Crippen molar-refractivity contribution in [1.82, 2.24) is 15.1 Å². The number of rotatable bonds is 3. The lowest BCUT2D eigenvalue weighted by Gasteiger charge is -2.36. The Morgan fingerprint density at radius 3 is 2.12 bits per heavy atom. The molecule has 0 saturated carbocycles. The first-order valence-electron chi connectivity index (χ1n) is 6.84. The average Bonchev–Trinajstić information content (AvgIpc) is 2.65. The van der Waals surface area contributed by atoms with Crippen LogP contribution in [0.2, 0.25) is 0 Å². The summed E-state index contributed by atoms with van der Waals surface area (Å²) in [4.78, 5) is 5.03. The van der Waals surface area contributed by atoms with E-state index >= 15 is 0 Å². The molecule has 2 fully saturated rings. The van der Waals surface area contributed by atoms with Crippen molar-refractivity contribution in [2.45, 2.75) is 51.2 Å². The quantitative estimate of drug-likeness (QED) is 0.777. The molecule has 0 aliphatic carbocycles. The fourth-order valence-corrected chi connectivity index (χ4v) is 2.99. The zero-order chi connectivity index (χ0) is 11.5. The van der Waals surface area contributed by atoms with Gasteiger partial charge >= 0.3 is 0 Å². The van der Waals surface area contributed by atoms with Gasteiger partial charge in [0.15, 0.2) is 0 Å². The van der Waals surface area contributed by atoms with Gasteiger partial charge in [0.1, 0.15) is 0 Å². The van der Waals surface area contributed by atoms with Gasteiger partial charge in [-0.15, -0.1) is 0 Å². The molecule has 0 aromatic rings. The Morgan fingerprint density at radius 1 is 1.00 bits per heavy atom. The summed E-state index contributed by atoms with van der Waals surface area (Å²) in [5.74, 6) is 0. The van der Waals surface area contributed by atoms with Crippen molar-refractivity contribution >= 4 is 0 Å². The van der Waals surface area contributed by atoms with Crippen molar-refractivity contribution in [1.29, 1.82) is 0 Å². The predicted octanol–water partition coefficient (Wildman–Crippen LogP) is 1.15. The zero-order valence-corrected chi connectivity index (χ0v) is 11.1. The molecule has 1 N–H and O–H groups in total. The Bertz CT molecular complexity index is 209. The number of nitrogens with zero attached hydrogens (tertiary/aromatic N) is 2. The molecule has 3 nitrogen and oxygen atoms in total. The van der Waals surface area contributed by atoms with Crippen LogP contribution < -0.4 is 5.32 Å². The summed E-state index contributed by atoms with van der Waals surface area (Å²) >= 11 is 0. The van der Waals surface area contributed by atoms with Crippen LogP contribution in [0.15, 0.2) is 0 Å². The average molecular weight is 225 g/mol. The summed E-state index contributed by atoms with van der Waals surface area (Å²) in [5.41, 5.74) is 0. The maximum Gasteiger partial charge on any atom is 0.0209 e. The summed E-state index contributed by atoms with van der Waals surface area (Å²) in [6, 6.07) is 2.24. The molecule has 0 aromatic carbocycles. The molecule has 2 heterocycles. The first-order valence-corrected chi connectivity index (χ1v) is 6.84. The van der Waals surface area contributed by atoms with Crippen LogP contribution in [0.4, 0.5) is 0 Å². The van der Waals surface area contributed by atoms with E-state index in [1.54, 1.807) is 0 Å². The third-order valence-electron chi connectivity index (χ3n) is 4.12. The molecule has 16 heavy (non-hydrogen) atoms. The molecular formula is C13H27N3. The highest BCUT2D eigenvalue weighted by Gasteiger charge is 2.25. The molecule has 2 aliphatic heterocycles. The van der Waals surface area contributed by atoms with Gasteiger partial charge in [0.25, 0.3) is 0 Å². The molecule has 3 heteroatoms. The van der Waals surface area contributed by atoms with Gasteiger partial charge in [0, 0.05) is 24.7 Å². The number of nitrogens with one attached hydrogen (secondary N) is 1. The van der Waals surface area contributed by atoms with Crippen molar-refractivity contribution < 1.29 is 0 Å². The molecule has 1 unspecified atom stereocenters. The van der Waals surface area contributed by atoms with E-state index in [1.807, 2.05) is 0 Å². The van der Waals surface area contributed by atoms with Crippen LogP contribution in [0.25, 0.3) is 0 Å². The molecule has 2 saturated heterocycles. The summed E-state index contributed by atoms with van der Waals surface area (Å²) in [5, 5.41) is 3.84. The number of likely N-dealkylation sites (tertiary alicyclic amines) is 2. The van der Waals surface area contributed by atoms with Gasteiger partial charge in [0.05, 0.1) is 0 Å². The lowest BCUT2D eigenvalue weighted by molar-refractivity contribution is 0.156. The lowest BCUT2D eigenvalue weighted by Crippen LogP contribution is -2.48. The molecule has 0 aromatic heterocycles. The van der Waals surface area contributed by atoms with Crippen LogP contribution >= 0.6 is 0 Å². The highest BCUT2D eigenvalue weighted by molar-refractivity contribution is 4.85. The molecule has 1 atom stereocenters. The van der Waals surface area contributed by atoms with Crippen LogP contribution in [0.5, 0.6) is 0 Å². The number of piperidine rings is 1. The molecule has 2 rings (SSSR count). The van der Waals surface area contributed by atoms with Crippen LogP contribution in [0, 0.1) is 0 Å². The van der Waals surface area contributed by atoms with Gasteiger partial charge in [0.2, 0.25) is 0 Å². The molecule has 0 bridgehead atoms. The minimum absolute atomic E-state index is 0.721. The van der Waals surface area contributed by atoms with Gasteiger partial charge in [-0.2, -0.15) is 0 Å². The Balaban J connectivity index is 1.69. The fraction of sp³-hybridized carbons (Fsp3) is 1.00. The third-order valence-corrected chi connectivity index (χ3v) is 4.12. The first kappa shape index (κ1) is 12.3. The monoisotopic (exact) mass is 225 g/mol. The van der Waals surface area contributed by atoms with Crippen molar-refractivity contribution in [2.75, 3.05) is 33.2 Å². The van der Waals surface area contributed by atoms with E-state index in [4.69, 9.17) is 0 Å². The summed E-state index contributed by atoms with van der Waals surface area (Å²) in [6.45, 7) is 9.67. The van der Waals surface area contributed by atoms with E-state index in [1.165, 1.54) is 45.4 Å². The summed E-state index contributed by atoms with van der Waals surface area (Å²) in [6.07, 6.45) is 4.00. The van der Waals surface area contributed by atoms with Crippen LogP contribution in [0.3, 0.4) is 0 Å². The van der Waals surface area contributed by atoms with Crippen molar-refractivity contribution in [2.24, 2.45) is 0 Å². The Kier molecular flexibility index (Phi) is 4.22. The van der Waals surface area contributed by atoms with Gasteiger partial charge in [-0.3, -0.25) is 0 Å². The topological polar surface area (TPSA) is 18.5 Å². The van der Waals surface area contributed by atoms with E-state index < -0.39 is 0 Å². The van der Waals surface area contributed by atoms with Crippen LogP contribution in [-0.2, 0) is 0 Å². The molecular weight excluding hydrogens is 198 g/mol. The second-order valence-corrected chi connectivity index (χ2v) is 5.82. The Morgan fingerprint density at radius 2 is 1.62 bits per heavy atom. The van der Waals surface area contributed by atoms with E-state index in [0.29, 0.717) is 0 Å². The largest absolute Gasteiger partial charge is 0.310 e. The summed E-state index contributed by atoms with van der Waals surface area (Å²) < 4.78 is 0. The van der Waals surface area contributed by atoms with Gasteiger partial charge < -0.3 is 15.1 Å². The molecule has 2 aliphatic rings. The van der Waals surface area contributed by atoms with E-state index in [-0.39, 0.29) is 0 Å². The van der Waals surface area contributed by atoms with Gasteiger partial charge in [-0.1, -0.05) is 0 Å². The Hall–Kier alpha value is -0.120. The highest BCUT2D eigenvalue weighted by atomic mass is 15.2. The number of hydrogen-bond donors (Lipinski definition) is 1. The van der Waals surface area contributed by atoms with Crippen LogP contribution in [-0.4, -0.2) is 61.2 Å². The molecule has 94 valence electrons. The standard InChI is InChI=1S/C13H27N3/c1-11(2)16-8-5-12(6-9-16)14-13-4-7-15(3)10-13/h11-14H,4-10H2,1-3H3.